The van der Waals surface area contributed by atoms with Crippen molar-refractivity contribution in [2.24, 2.45) is 0 Å². The maximum Gasteiger partial charge on any atom is 0.136 e. The zero-order valence-corrected chi connectivity index (χ0v) is 25.9. The van der Waals surface area contributed by atoms with Crippen molar-refractivity contribution in [3.63, 3.8) is 0 Å². The molecule has 10 aromatic rings. The third-order valence-electron chi connectivity index (χ3n) is 9.23. The van der Waals surface area contributed by atoms with Crippen LogP contribution in [0.1, 0.15) is 15.1 Å². The fourth-order valence-corrected chi connectivity index (χ4v) is 7.08. The van der Waals surface area contributed by atoms with Gasteiger partial charge < -0.3 is 4.42 Å². The lowest BCUT2D eigenvalue weighted by Gasteiger charge is -2.18. The zero-order valence-electron chi connectivity index (χ0n) is 36.9. The molecule has 9 aromatic carbocycles. The Bertz CT molecular complexity index is 3420. The highest BCUT2D eigenvalue weighted by Gasteiger charge is 2.17. The van der Waals surface area contributed by atoms with Crippen molar-refractivity contribution in [1.29, 1.82) is 0 Å². The van der Waals surface area contributed by atoms with E-state index in [4.69, 9.17) is 18.1 Å². The predicted octanol–water partition coefficient (Wildman–Crippen LogP) is 13.7. The molecule has 1 heterocycles. The minimum absolute atomic E-state index is 0.0574. The van der Waals surface area contributed by atoms with Crippen LogP contribution in [0.3, 0.4) is 0 Å². The highest BCUT2D eigenvalue weighted by atomic mass is 16.3. The van der Waals surface area contributed by atoms with E-state index in [1.165, 1.54) is 5.56 Å². The van der Waals surface area contributed by atoms with Gasteiger partial charge in [-0.05, 0) is 107 Å². The number of hydrogen-bond acceptors (Lipinski definition) is 1. The number of benzene rings is 9. The van der Waals surface area contributed by atoms with E-state index in [9.17, 15) is 1.37 Å². The molecule has 1 aromatic heterocycles. The smallest absolute Gasteiger partial charge is 0.136 e. The first-order valence-electron chi connectivity index (χ1n) is 21.4. The van der Waals surface area contributed by atoms with Gasteiger partial charge in [-0.3, -0.25) is 0 Å². The summed E-state index contributed by atoms with van der Waals surface area (Å²) in [4.78, 5) is 0. The summed E-state index contributed by atoms with van der Waals surface area (Å²) in [5.41, 5.74) is 3.88. The summed E-state index contributed by atoms with van der Waals surface area (Å²) in [7, 11) is 0. The first-order valence-corrected chi connectivity index (χ1v) is 15.9. The van der Waals surface area contributed by atoms with Crippen LogP contribution < -0.4 is 0 Å². The molecule has 10 rings (SSSR count). The lowest BCUT2D eigenvalue weighted by Crippen LogP contribution is -1.90. The van der Waals surface area contributed by atoms with Crippen LogP contribution in [0.25, 0.3) is 98.8 Å². The van der Waals surface area contributed by atoms with Crippen LogP contribution in [0.4, 0.5) is 0 Å². The standard InChI is InChI=1S/C48H30O/c1-3-12-31(13-4-1)35-26-27-44-43(30-35)48-38(20-11-21-45(48)49-44)36-24-22-34-29-37(25-23-33(34)28-36)47-41-18-9-7-16-39(41)46(32-14-5-2-6-15-32)40-17-8-10-19-42(40)47/h1-30H/i1D,3D,4D,11D,12D,13D,20D,21D,26D,27D,30D. The van der Waals surface area contributed by atoms with Gasteiger partial charge in [0.15, 0.2) is 0 Å². The third-order valence-corrected chi connectivity index (χ3v) is 9.23. The SMILES string of the molecule is [2H]c1c([2H])c([2H])c(-c2c([2H])c([2H])c3oc4c([2H])c([2H])c([2H])c(-c5ccc6cc(-c7c8ccccc8c(-c8ccccc8)c8ccccc78)ccc6c5)c4c3c2[2H])c([2H])c1[2H]. The van der Waals surface area contributed by atoms with E-state index >= 15 is 0 Å². The number of hydrogen-bond donors (Lipinski definition) is 0. The Labute approximate surface area is 299 Å². The van der Waals surface area contributed by atoms with E-state index in [1.807, 2.05) is 48.5 Å². The molecule has 1 nitrogen and oxygen atoms in total. The van der Waals surface area contributed by atoms with Gasteiger partial charge in [-0.1, -0.05) is 151 Å². The molecular weight excluding hydrogens is 593 g/mol. The maximum absolute atomic E-state index is 9.40. The molecule has 1 heteroatoms. The quantitative estimate of drug-likeness (QED) is 0.176. The van der Waals surface area contributed by atoms with E-state index in [0.717, 1.165) is 49.0 Å². The van der Waals surface area contributed by atoms with Crippen molar-refractivity contribution < 1.29 is 19.5 Å². The summed E-state index contributed by atoms with van der Waals surface area (Å²) in [5, 5.41) is 6.23. The van der Waals surface area contributed by atoms with Gasteiger partial charge in [0, 0.05) is 10.8 Å². The average molecular weight is 634 g/mol. The first-order chi connectivity index (χ1) is 28.9. The van der Waals surface area contributed by atoms with Crippen molar-refractivity contribution in [1.82, 2.24) is 0 Å². The van der Waals surface area contributed by atoms with Crippen molar-refractivity contribution in [3.05, 3.63) is 182 Å². The second-order valence-electron chi connectivity index (χ2n) is 12.0. The molecule has 0 amide bonds. The van der Waals surface area contributed by atoms with Gasteiger partial charge >= 0.3 is 0 Å². The summed E-state index contributed by atoms with van der Waals surface area (Å²) < 4.78 is 102. The van der Waals surface area contributed by atoms with Gasteiger partial charge in [0.2, 0.25) is 0 Å². The van der Waals surface area contributed by atoms with E-state index in [1.54, 1.807) is 6.07 Å². The van der Waals surface area contributed by atoms with E-state index in [2.05, 4.69) is 60.7 Å². The number of fused-ring (bicyclic) bond motifs is 6. The van der Waals surface area contributed by atoms with Crippen LogP contribution in [-0.2, 0) is 0 Å². The minimum atomic E-state index is -0.653. The van der Waals surface area contributed by atoms with Gasteiger partial charge in [0.25, 0.3) is 0 Å². The van der Waals surface area contributed by atoms with Gasteiger partial charge in [0.05, 0.1) is 15.1 Å². The van der Waals surface area contributed by atoms with Gasteiger partial charge in [-0.25, -0.2) is 0 Å². The summed E-state index contributed by atoms with van der Waals surface area (Å²) >= 11 is 0. The molecule has 0 aliphatic carbocycles. The highest BCUT2D eigenvalue weighted by Crippen LogP contribution is 2.45. The number of furan rings is 1. The van der Waals surface area contributed by atoms with Crippen LogP contribution in [-0.4, -0.2) is 0 Å². The van der Waals surface area contributed by atoms with Crippen LogP contribution in [0, 0.1) is 0 Å². The molecule has 0 unspecified atom stereocenters. The summed E-state index contributed by atoms with van der Waals surface area (Å²) in [6.45, 7) is 0. The molecule has 0 atom stereocenters. The maximum atomic E-state index is 9.40. The van der Waals surface area contributed by atoms with E-state index in [-0.39, 0.29) is 39.1 Å². The molecule has 0 fully saturated rings. The van der Waals surface area contributed by atoms with Crippen LogP contribution >= 0.6 is 0 Å². The Hall–Kier alpha value is -6.44. The second-order valence-corrected chi connectivity index (χ2v) is 12.0. The molecule has 0 aliphatic heterocycles. The largest absolute Gasteiger partial charge is 0.456 e. The van der Waals surface area contributed by atoms with Gasteiger partial charge in [-0.2, -0.15) is 0 Å². The Kier molecular flexibility index (Phi) is 4.25. The summed E-state index contributed by atoms with van der Waals surface area (Å²) in [6.07, 6.45) is 0. The molecule has 228 valence electrons. The molecular formula is C48H30O. The summed E-state index contributed by atoms with van der Waals surface area (Å²) in [5.74, 6) is 0. The van der Waals surface area contributed by atoms with Crippen molar-refractivity contribution in [2.45, 2.75) is 0 Å². The first kappa shape index (κ1) is 18.8. The second kappa shape index (κ2) is 11.1. The lowest BCUT2D eigenvalue weighted by atomic mass is 9.85. The zero-order chi connectivity index (χ0) is 41.9. The lowest BCUT2D eigenvalue weighted by molar-refractivity contribution is 0.669. The van der Waals surface area contributed by atoms with Crippen LogP contribution in [0.5, 0.6) is 0 Å². The molecule has 0 bridgehead atoms. The Morgan fingerprint density at radius 3 is 1.69 bits per heavy atom. The molecule has 0 saturated heterocycles. The molecule has 49 heavy (non-hydrogen) atoms. The number of rotatable bonds is 4. The molecule has 0 radical (unpaired) electrons. The van der Waals surface area contributed by atoms with E-state index < -0.39 is 66.0 Å². The fourth-order valence-electron chi connectivity index (χ4n) is 7.08. The topological polar surface area (TPSA) is 13.1 Å². The predicted molar refractivity (Wildman–Crippen MR) is 208 cm³/mol. The van der Waals surface area contributed by atoms with Crippen LogP contribution in [0.15, 0.2) is 186 Å². The van der Waals surface area contributed by atoms with Crippen molar-refractivity contribution in [2.75, 3.05) is 0 Å². The minimum Gasteiger partial charge on any atom is -0.456 e. The Balaban J connectivity index is 1.21. The van der Waals surface area contributed by atoms with Crippen LogP contribution in [0.2, 0.25) is 0 Å². The van der Waals surface area contributed by atoms with Crippen molar-refractivity contribution >= 4 is 54.3 Å². The molecule has 0 aliphatic rings. The average Bonchev–Trinajstić information content (AvgIpc) is 3.67. The van der Waals surface area contributed by atoms with Gasteiger partial charge in [-0.15, -0.1) is 0 Å². The Morgan fingerprint density at radius 1 is 0.388 bits per heavy atom. The van der Waals surface area contributed by atoms with E-state index in [0.29, 0.717) is 5.56 Å². The van der Waals surface area contributed by atoms with Crippen molar-refractivity contribution in [3.8, 4) is 44.5 Å². The fraction of sp³-hybridized carbons (Fsp3) is 0. The summed E-state index contributed by atoms with van der Waals surface area (Å²) in [6, 6.07) is 33.0. The normalized spacial score (nSPS) is 14.8. The Morgan fingerprint density at radius 2 is 1.00 bits per heavy atom. The third kappa shape index (κ3) is 4.47. The molecule has 0 saturated carbocycles. The monoisotopic (exact) mass is 633 g/mol. The van der Waals surface area contributed by atoms with Gasteiger partial charge in [0.1, 0.15) is 11.2 Å². The molecule has 0 spiro atoms. The molecule has 0 N–H and O–H groups in total. The highest BCUT2D eigenvalue weighted by molar-refractivity contribution is 6.22.